The molecule has 0 aromatic carbocycles. The van der Waals surface area contributed by atoms with E-state index in [0.717, 1.165) is 50.3 Å². The third-order valence-corrected chi connectivity index (χ3v) is 5.61. The van der Waals surface area contributed by atoms with Crippen molar-refractivity contribution in [2.24, 2.45) is 11.8 Å². The average molecular weight is 346 g/mol. The summed E-state index contributed by atoms with van der Waals surface area (Å²) in [6.07, 6.45) is 8.21. The fourth-order valence-electron chi connectivity index (χ4n) is 4.07. The van der Waals surface area contributed by atoms with E-state index in [1.165, 1.54) is 19.3 Å². The van der Waals surface area contributed by atoms with Crippen LogP contribution in [0, 0.1) is 18.8 Å². The number of aryl methyl sites for hydroxylation is 1. The molecule has 1 saturated heterocycles. The molecule has 2 fully saturated rings. The standard InChI is InChI=1S/C20H30N2O3/c1-15-7-8-18(25-15)14-21-19(23)13-16-9-11-22(12-10-16)20(24)17-5-3-2-4-6-17/h7-8,16-17H,2-6,9-14H2,1H3,(H,21,23). The molecule has 138 valence electrons. The van der Waals surface area contributed by atoms with Crippen LogP contribution in [-0.2, 0) is 16.1 Å². The van der Waals surface area contributed by atoms with Gasteiger partial charge in [0, 0.05) is 25.4 Å². The Balaban J connectivity index is 1.37. The monoisotopic (exact) mass is 346 g/mol. The zero-order valence-electron chi connectivity index (χ0n) is 15.3. The molecule has 1 aromatic rings. The predicted octanol–water partition coefficient (Wildman–Crippen LogP) is 3.41. The van der Waals surface area contributed by atoms with Crippen LogP contribution in [0.2, 0.25) is 0 Å². The van der Waals surface area contributed by atoms with Gasteiger partial charge in [0.15, 0.2) is 0 Å². The van der Waals surface area contributed by atoms with Gasteiger partial charge in [0.2, 0.25) is 11.8 Å². The fraction of sp³-hybridized carbons (Fsp3) is 0.700. The molecule has 5 heteroatoms. The maximum absolute atomic E-state index is 12.6. The highest BCUT2D eigenvalue weighted by Gasteiger charge is 2.29. The summed E-state index contributed by atoms with van der Waals surface area (Å²) in [4.78, 5) is 26.7. The lowest BCUT2D eigenvalue weighted by atomic mass is 9.87. The molecule has 0 spiro atoms. The van der Waals surface area contributed by atoms with Crippen LogP contribution in [0.4, 0.5) is 0 Å². The quantitative estimate of drug-likeness (QED) is 0.888. The number of amides is 2. The Hall–Kier alpha value is -1.78. The van der Waals surface area contributed by atoms with Gasteiger partial charge in [0.25, 0.3) is 0 Å². The van der Waals surface area contributed by atoms with E-state index < -0.39 is 0 Å². The lowest BCUT2D eigenvalue weighted by molar-refractivity contribution is -0.138. The van der Waals surface area contributed by atoms with Gasteiger partial charge in [-0.2, -0.15) is 0 Å². The molecular weight excluding hydrogens is 316 g/mol. The molecule has 2 heterocycles. The van der Waals surface area contributed by atoms with E-state index in [-0.39, 0.29) is 11.8 Å². The zero-order chi connectivity index (χ0) is 17.6. The predicted molar refractivity (Wildman–Crippen MR) is 95.8 cm³/mol. The Morgan fingerprint density at radius 2 is 1.84 bits per heavy atom. The number of furan rings is 1. The zero-order valence-corrected chi connectivity index (χ0v) is 15.3. The van der Waals surface area contributed by atoms with Crippen LogP contribution in [-0.4, -0.2) is 29.8 Å². The topological polar surface area (TPSA) is 62.6 Å². The Morgan fingerprint density at radius 3 is 2.48 bits per heavy atom. The second kappa shape index (κ2) is 8.54. The third kappa shape index (κ3) is 5.10. The Morgan fingerprint density at radius 1 is 1.12 bits per heavy atom. The van der Waals surface area contributed by atoms with E-state index in [2.05, 4.69) is 5.32 Å². The molecule has 0 radical (unpaired) electrons. The molecule has 0 atom stereocenters. The smallest absolute Gasteiger partial charge is 0.225 e. The molecule has 5 nitrogen and oxygen atoms in total. The Bertz CT molecular complexity index is 582. The number of hydrogen-bond acceptors (Lipinski definition) is 3. The van der Waals surface area contributed by atoms with Crippen LogP contribution in [0.5, 0.6) is 0 Å². The minimum absolute atomic E-state index is 0.0751. The molecular formula is C20H30N2O3. The van der Waals surface area contributed by atoms with E-state index in [9.17, 15) is 9.59 Å². The summed E-state index contributed by atoms with van der Waals surface area (Å²) in [5, 5.41) is 2.93. The normalized spacial score (nSPS) is 19.8. The first-order valence-corrected chi connectivity index (χ1v) is 9.72. The van der Waals surface area contributed by atoms with Gasteiger partial charge in [0.1, 0.15) is 11.5 Å². The van der Waals surface area contributed by atoms with Crippen LogP contribution in [0.15, 0.2) is 16.5 Å². The molecule has 2 amide bonds. The van der Waals surface area contributed by atoms with Gasteiger partial charge in [-0.05, 0) is 50.7 Å². The van der Waals surface area contributed by atoms with Crippen molar-refractivity contribution in [2.45, 2.75) is 64.8 Å². The third-order valence-electron chi connectivity index (χ3n) is 5.61. The summed E-state index contributed by atoms with van der Waals surface area (Å²) >= 11 is 0. The van der Waals surface area contributed by atoms with Crippen molar-refractivity contribution in [2.75, 3.05) is 13.1 Å². The van der Waals surface area contributed by atoms with E-state index in [1.807, 2.05) is 24.0 Å². The van der Waals surface area contributed by atoms with E-state index in [0.29, 0.717) is 24.8 Å². The fourth-order valence-corrected chi connectivity index (χ4v) is 4.07. The number of carbonyl (C=O) groups is 2. The highest BCUT2D eigenvalue weighted by atomic mass is 16.3. The maximum atomic E-state index is 12.6. The van der Waals surface area contributed by atoms with Gasteiger partial charge >= 0.3 is 0 Å². The van der Waals surface area contributed by atoms with E-state index in [1.54, 1.807) is 0 Å². The summed E-state index contributed by atoms with van der Waals surface area (Å²) in [6.45, 7) is 3.97. The van der Waals surface area contributed by atoms with Gasteiger partial charge in [-0.15, -0.1) is 0 Å². The lowest BCUT2D eigenvalue weighted by Crippen LogP contribution is -2.43. The number of rotatable bonds is 5. The first kappa shape index (κ1) is 18.0. The summed E-state index contributed by atoms with van der Waals surface area (Å²) in [6, 6.07) is 3.80. The van der Waals surface area contributed by atoms with Crippen LogP contribution >= 0.6 is 0 Å². The Labute approximate surface area is 150 Å². The van der Waals surface area contributed by atoms with Crippen LogP contribution in [0.25, 0.3) is 0 Å². The molecule has 3 rings (SSSR count). The van der Waals surface area contributed by atoms with Gasteiger partial charge < -0.3 is 14.6 Å². The SMILES string of the molecule is Cc1ccc(CNC(=O)CC2CCN(C(=O)C3CCCCC3)CC2)o1. The number of hydrogen-bond donors (Lipinski definition) is 1. The maximum Gasteiger partial charge on any atom is 0.225 e. The molecule has 0 bridgehead atoms. The number of piperidine rings is 1. The van der Waals surface area contributed by atoms with Gasteiger partial charge in [-0.3, -0.25) is 9.59 Å². The van der Waals surface area contributed by atoms with Crippen molar-refractivity contribution < 1.29 is 14.0 Å². The minimum atomic E-state index is 0.0751. The summed E-state index contributed by atoms with van der Waals surface area (Å²) in [5.41, 5.74) is 0. The van der Waals surface area contributed by atoms with Crippen molar-refractivity contribution in [1.29, 1.82) is 0 Å². The van der Waals surface area contributed by atoms with Crippen molar-refractivity contribution in [3.05, 3.63) is 23.7 Å². The van der Waals surface area contributed by atoms with Crippen LogP contribution in [0.1, 0.15) is 62.9 Å². The van der Waals surface area contributed by atoms with E-state index in [4.69, 9.17) is 4.42 Å². The largest absolute Gasteiger partial charge is 0.465 e. The molecule has 1 saturated carbocycles. The molecule has 25 heavy (non-hydrogen) atoms. The summed E-state index contributed by atoms with van der Waals surface area (Å²) < 4.78 is 5.46. The average Bonchev–Trinajstić information content (AvgIpc) is 3.06. The van der Waals surface area contributed by atoms with Crippen LogP contribution in [0.3, 0.4) is 0 Å². The van der Waals surface area contributed by atoms with Gasteiger partial charge in [-0.1, -0.05) is 19.3 Å². The second-order valence-corrected chi connectivity index (χ2v) is 7.60. The highest BCUT2D eigenvalue weighted by Crippen LogP contribution is 2.28. The number of likely N-dealkylation sites (tertiary alicyclic amines) is 1. The van der Waals surface area contributed by atoms with Gasteiger partial charge in [0.05, 0.1) is 6.54 Å². The van der Waals surface area contributed by atoms with Crippen molar-refractivity contribution in [1.82, 2.24) is 10.2 Å². The number of carbonyl (C=O) groups excluding carboxylic acids is 2. The molecule has 1 aliphatic heterocycles. The lowest BCUT2D eigenvalue weighted by Gasteiger charge is -2.35. The minimum Gasteiger partial charge on any atom is -0.465 e. The van der Waals surface area contributed by atoms with Crippen molar-refractivity contribution in [3.8, 4) is 0 Å². The molecule has 2 aliphatic rings. The van der Waals surface area contributed by atoms with E-state index >= 15 is 0 Å². The molecule has 0 unspecified atom stereocenters. The molecule has 1 N–H and O–H groups in total. The number of nitrogens with one attached hydrogen (secondary N) is 1. The second-order valence-electron chi connectivity index (χ2n) is 7.60. The van der Waals surface area contributed by atoms with Crippen LogP contribution < -0.4 is 5.32 Å². The highest BCUT2D eigenvalue weighted by molar-refractivity contribution is 5.79. The van der Waals surface area contributed by atoms with Gasteiger partial charge in [-0.25, -0.2) is 0 Å². The van der Waals surface area contributed by atoms with Crippen molar-refractivity contribution >= 4 is 11.8 Å². The number of nitrogens with zero attached hydrogens (tertiary/aromatic N) is 1. The first-order chi connectivity index (χ1) is 12.1. The summed E-state index contributed by atoms with van der Waals surface area (Å²) in [7, 11) is 0. The molecule has 1 aromatic heterocycles. The van der Waals surface area contributed by atoms with Crippen molar-refractivity contribution in [3.63, 3.8) is 0 Å². The first-order valence-electron chi connectivity index (χ1n) is 9.72. The Kier molecular flexibility index (Phi) is 6.16. The molecule has 1 aliphatic carbocycles. The summed E-state index contributed by atoms with van der Waals surface area (Å²) in [5.74, 6) is 2.72.